The molecule has 8 nitrogen and oxygen atoms in total. The summed E-state index contributed by atoms with van der Waals surface area (Å²) < 4.78 is 43.2. The van der Waals surface area contributed by atoms with Crippen LogP contribution in [0.5, 0.6) is 0 Å². The van der Waals surface area contributed by atoms with E-state index in [1.807, 2.05) is 0 Å². The lowest BCUT2D eigenvalue weighted by Gasteiger charge is -2.35. The summed E-state index contributed by atoms with van der Waals surface area (Å²) in [6.45, 7) is 2.95. The largest absolute Gasteiger partial charge is 0.447 e. The minimum atomic E-state index is -4.54. The second-order valence-corrected chi connectivity index (χ2v) is 6.16. The van der Waals surface area contributed by atoms with Crippen molar-refractivity contribution >= 4 is 12.1 Å². The molecule has 1 aromatic rings. The van der Waals surface area contributed by atoms with E-state index in [9.17, 15) is 22.8 Å². The van der Waals surface area contributed by atoms with E-state index in [0.717, 1.165) is 6.07 Å². The Morgan fingerprint density at radius 2 is 2.15 bits per heavy atom. The highest BCUT2D eigenvalue weighted by molar-refractivity contribution is 5.75. The van der Waals surface area contributed by atoms with E-state index < -0.39 is 11.9 Å². The molecule has 11 heteroatoms. The molecule has 0 bridgehead atoms. The number of rotatable bonds is 3. The molecule has 2 saturated heterocycles. The van der Waals surface area contributed by atoms with Crippen molar-refractivity contribution < 1.29 is 27.5 Å². The number of urea groups is 1. The van der Waals surface area contributed by atoms with E-state index in [-0.39, 0.29) is 49.3 Å². The lowest BCUT2D eigenvalue weighted by atomic mass is 10.2. The van der Waals surface area contributed by atoms with Crippen LogP contribution < -0.4 is 5.32 Å². The van der Waals surface area contributed by atoms with Gasteiger partial charge in [-0.05, 0) is 13.0 Å². The molecular weight excluding hydrogens is 355 g/mol. The fraction of sp³-hybridized carbons (Fsp3) is 0.600. The number of hydrogen-bond acceptors (Lipinski definition) is 5. The van der Waals surface area contributed by atoms with Gasteiger partial charge in [0, 0.05) is 38.3 Å². The highest BCUT2D eigenvalue weighted by atomic mass is 19.4. The molecule has 3 rings (SSSR count). The van der Waals surface area contributed by atoms with Gasteiger partial charge in [-0.3, -0.25) is 4.90 Å². The average molecular weight is 373 g/mol. The molecule has 2 aliphatic rings. The third-order valence-corrected chi connectivity index (χ3v) is 4.22. The first-order valence-corrected chi connectivity index (χ1v) is 8.12. The maximum Gasteiger partial charge on any atom is 0.433 e. The summed E-state index contributed by atoms with van der Waals surface area (Å²) in [5.74, 6) is 0.0252. The molecule has 2 fully saturated rings. The third-order valence-electron chi connectivity index (χ3n) is 4.22. The summed E-state index contributed by atoms with van der Waals surface area (Å²) in [5, 5.41) is 2.65. The molecule has 26 heavy (non-hydrogen) atoms. The van der Waals surface area contributed by atoms with Gasteiger partial charge in [-0.15, -0.1) is 0 Å². The first-order valence-electron chi connectivity index (χ1n) is 8.12. The standard InChI is InChI=1S/C15H18F3N5O3/c1-9-6-11(15(16,17)18)21-12(20-9)2-3-19-13(24)22-4-5-23-10(7-22)8-26-14(23)25/h6,10H,2-5,7-8H2,1H3,(H,19,24)/t10-/m0/s1. The first kappa shape index (κ1) is 18.2. The van der Waals surface area contributed by atoms with Gasteiger partial charge in [-0.2, -0.15) is 13.2 Å². The molecule has 142 valence electrons. The van der Waals surface area contributed by atoms with Crippen LogP contribution >= 0.6 is 0 Å². The number of aromatic nitrogens is 2. The number of halogens is 3. The smallest absolute Gasteiger partial charge is 0.433 e. The lowest BCUT2D eigenvalue weighted by molar-refractivity contribution is -0.141. The molecule has 1 atom stereocenters. The number of nitrogens with one attached hydrogen (secondary N) is 1. The predicted molar refractivity (Wildman–Crippen MR) is 82.3 cm³/mol. The third kappa shape index (κ3) is 3.97. The van der Waals surface area contributed by atoms with Crippen LogP contribution in [0.1, 0.15) is 17.2 Å². The van der Waals surface area contributed by atoms with Gasteiger partial charge in [0.25, 0.3) is 0 Å². The summed E-state index contributed by atoms with van der Waals surface area (Å²) >= 11 is 0. The number of carbonyl (C=O) groups is 2. The number of fused-ring (bicyclic) bond motifs is 1. The van der Waals surface area contributed by atoms with Gasteiger partial charge in [-0.1, -0.05) is 0 Å². The zero-order valence-electron chi connectivity index (χ0n) is 14.0. The number of aryl methyl sites for hydroxylation is 1. The van der Waals surface area contributed by atoms with E-state index in [2.05, 4.69) is 15.3 Å². The topological polar surface area (TPSA) is 87.7 Å². The number of alkyl halides is 3. The Kier molecular flexibility index (Phi) is 4.88. The fourth-order valence-corrected chi connectivity index (χ4v) is 2.95. The first-order chi connectivity index (χ1) is 12.2. The maximum absolute atomic E-state index is 12.8. The summed E-state index contributed by atoms with van der Waals surface area (Å²) in [7, 11) is 0. The monoisotopic (exact) mass is 373 g/mol. The van der Waals surface area contributed by atoms with Gasteiger partial charge in [0.2, 0.25) is 0 Å². The average Bonchev–Trinajstić information content (AvgIpc) is 2.94. The Bertz CT molecular complexity index is 712. The van der Waals surface area contributed by atoms with Crippen molar-refractivity contribution in [1.82, 2.24) is 25.1 Å². The molecule has 0 unspecified atom stereocenters. The van der Waals surface area contributed by atoms with Crippen molar-refractivity contribution in [3.63, 3.8) is 0 Å². The molecule has 1 N–H and O–H groups in total. The van der Waals surface area contributed by atoms with E-state index in [1.165, 1.54) is 6.92 Å². The normalized spacial score (nSPS) is 20.0. The quantitative estimate of drug-likeness (QED) is 0.860. The molecule has 3 amide bonds. The SMILES string of the molecule is Cc1cc(C(F)(F)F)nc(CCNC(=O)N2CCN3C(=O)OC[C@@H]3C2)n1. The van der Waals surface area contributed by atoms with Crippen molar-refractivity contribution in [2.45, 2.75) is 25.6 Å². The molecule has 1 aromatic heterocycles. The Morgan fingerprint density at radius 3 is 2.88 bits per heavy atom. The summed E-state index contributed by atoms with van der Waals surface area (Å²) in [6, 6.07) is 0.385. The minimum Gasteiger partial charge on any atom is -0.447 e. The number of nitrogens with zero attached hydrogens (tertiary/aromatic N) is 4. The van der Waals surface area contributed by atoms with Crippen molar-refractivity contribution in [3.05, 3.63) is 23.3 Å². The number of amides is 3. The van der Waals surface area contributed by atoms with Crippen LogP contribution in [0.15, 0.2) is 6.07 Å². The number of piperazine rings is 1. The summed E-state index contributed by atoms with van der Waals surface area (Å²) in [6.07, 6.45) is -4.82. The lowest BCUT2D eigenvalue weighted by Crippen LogP contribution is -2.56. The second-order valence-electron chi connectivity index (χ2n) is 6.16. The van der Waals surface area contributed by atoms with Crippen LogP contribution in [0, 0.1) is 6.92 Å². The predicted octanol–water partition coefficient (Wildman–Crippen LogP) is 1.19. The van der Waals surface area contributed by atoms with Crippen LogP contribution in [0.4, 0.5) is 22.8 Å². The number of carbonyl (C=O) groups excluding carboxylic acids is 2. The highest BCUT2D eigenvalue weighted by Crippen LogP contribution is 2.27. The van der Waals surface area contributed by atoms with Crippen LogP contribution in [0.2, 0.25) is 0 Å². The number of ether oxygens (including phenoxy) is 1. The molecule has 0 spiro atoms. The zero-order valence-corrected chi connectivity index (χ0v) is 14.0. The molecule has 0 aliphatic carbocycles. The van der Waals surface area contributed by atoms with Gasteiger partial charge in [-0.25, -0.2) is 19.6 Å². The zero-order chi connectivity index (χ0) is 18.9. The fourth-order valence-electron chi connectivity index (χ4n) is 2.95. The summed E-state index contributed by atoms with van der Waals surface area (Å²) in [4.78, 5) is 34.3. The van der Waals surface area contributed by atoms with Crippen LogP contribution in [-0.4, -0.2) is 70.7 Å². The van der Waals surface area contributed by atoms with Crippen LogP contribution in [0.25, 0.3) is 0 Å². The molecule has 0 saturated carbocycles. The van der Waals surface area contributed by atoms with E-state index in [1.54, 1.807) is 9.80 Å². The Hall–Kier alpha value is -2.59. The Morgan fingerprint density at radius 1 is 1.38 bits per heavy atom. The van der Waals surface area contributed by atoms with Gasteiger partial charge in [0.1, 0.15) is 18.1 Å². The van der Waals surface area contributed by atoms with Crippen molar-refractivity contribution in [2.75, 3.05) is 32.8 Å². The van der Waals surface area contributed by atoms with Gasteiger partial charge < -0.3 is 15.0 Å². The van der Waals surface area contributed by atoms with Crippen molar-refractivity contribution in [3.8, 4) is 0 Å². The number of hydrogen-bond donors (Lipinski definition) is 1. The van der Waals surface area contributed by atoms with Crippen molar-refractivity contribution in [2.24, 2.45) is 0 Å². The van der Waals surface area contributed by atoms with Gasteiger partial charge >= 0.3 is 18.3 Å². The van der Waals surface area contributed by atoms with E-state index >= 15 is 0 Å². The van der Waals surface area contributed by atoms with Crippen LogP contribution in [-0.2, 0) is 17.3 Å². The number of cyclic esters (lactones) is 1. The van der Waals surface area contributed by atoms with E-state index in [0.29, 0.717) is 19.6 Å². The Balaban J connectivity index is 1.51. The molecule has 0 aromatic carbocycles. The Labute approximate surface area is 147 Å². The molecule has 2 aliphatic heterocycles. The highest BCUT2D eigenvalue weighted by Gasteiger charge is 2.38. The summed E-state index contributed by atoms with van der Waals surface area (Å²) in [5.41, 5.74) is -0.774. The molecular formula is C15H18F3N5O3. The van der Waals surface area contributed by atoms with Crippen molar-refractivity contribution in [1.29, 1.82) is 0 Å². The van der Waals surface area contributed by atoms with Gasteiger partial charge in [0.15, 0.2) is 0 Å². The molecule has 3 heterocycles. The van der Waals surface area contributed by atoms with E-state index in [4.69, 9.17) is 4.74 Å². The van der Waals surface area contributed by atoms with Gasteiger partial charge in [0.05, 0.1) is 6.04 Å². The minimum absolute atomic E-state index is 0.0252. The van der Waals surface area contributed by atoms with Crippen LogP contribution in [0.3, 0.4) is 0 Å². The second kappa shape index (κ2) is 6.96. The molecule has 0 radical (unpaired) electrons. The maximum atomic E-state index is 12.8.